The summed E-state index contributed by atoms with van der Waals surface area (Å²) in [7, 11) is -2.48. The number of thioether (sulfide) groups is 1. The predicted octanol–water partition coefficient (Wildman–Crippen LogP) is 1.86. The van der Waals surface area contributed by atoms with Crippen molar-refractivity contribution in [2.24, 2.45) is 0 Å². The second-order valence-corrected chi connectivity index (χ2v) is 8.51. The Morgan fingerprint density at radius 1 is 1.23 bits per heavy atom. The first-order valence-corrected chi connectivity index (χ1v) is 10.4. The maximum absolute atomic E-state index is 12.9. The zero-order valence-electron chi connectivity index (χ0n) is 14.1. The molecule has 2 heterocycles. The summed E-state index contributed by atoms with van der Waals surface area (Å²) in [5, 5.41) is -0.472. The lowest BCUT2D eigenvalue weighted by molar-refractivity contribution is -0.141. The van der Waals surface area contributed by atoms with E-state index in [1.165, 1.54) is 46.1 Å². The highest BCUT2D eigenvalue weighted by Crippen LogP contribution is 2.39. The highest BCUT2D eigenvalue weighted by molar-refractivity contribution is 8.00. The van der Waals surface area contributed by atoms with Crippen LogP contribution in [-0.4, -0.2) is 48.6 Å². The quantitative estimate of drug-likeness (QED) is 0.695. The molecule has 1 fully saturated rings. The Morgan fingerprint density at radius 2 is 1.96 bits per heavy atom. The van der Waals surface area contributed by atoms with Crippen LogP contribution in [0, 0.1) is 0 Å². The molecule has 3 rings (SSSR count). The van der Waals surface area contributed by atoms with Crippen LogP contribution < -0.4 is 0 Å². The van der Waals surface area contributed by atoms with Gasteiger partial charge in [0.05, 0.1) is 29.9 Å². The van der Waals surface area contributed by atoms with Crippen LogP contribution in [0.2, 0.25) is 0 Å². The lowest BCUT2D eigenvalue weighted by atomic mass is 10.3. The summed E-state index contributed by atoms with van der Waals surface area (Å²) in [5.74, 6) is -0.308. The minimum atomic E-state index is -3.77. The number of carbonyl (C=O) groups excluding carboxylic acids is 2. The first kappa shape index (κ1) is 18.5. The van der Waals surface area contributed by atoms with E-state index in [1.807, 2.05) is 0 Å². The number of rotatable bonds is 6. The Balaban J connectivity index is 1.92. The van der Waals surface area contributed by atoms with E-state index in [9.17, 15) is 18.0 Å². The molecule has 1 unspecified atom stereocenters. The molecule has 0 bridgehead atoms. The third-order valence-electron chi connectivity index (χ3n) is 4.05. The first-order chi connectivity index (χ1) is 12.4. The third-order valence-corrected chi connectivity index (χ3v) is 6.99. The zero-order valence-corrected chi connectivity index (χ0v) is 15.7. The number of hydrogen-bond acceptors (Lipinski definition) is 6. The molecule has 1 aliphatic rings. The molecule has 0 aliphatic carbocycles. The van der Waals surface area contributed by atoms with Crippen LogP contribution in [0.3, 0.4) is 0 Å². The van der Waals surface area contributed by atoms with Crippen LogP contribution in [0.4, 0.5) is 0 Å². The van der Waals surface area contributed by atoms with E-state index in [4.69, 9.17) is 0 Å². The molecule has 0 N–H and O–H groups in total. The Labute approximate surface area is 156 Å². The van der Waals surface area contributed by atoms with Gasteiger partial charge in [-0.15, -0.1) is 11.8 Å². The van der Waals surface area contributed by atoms with Gasteiger partial charge in [0.1, 0.15) is 5.37 Å². The number of nitrogens with zero attached hydrogens (tertiary/aromatic N) is 2. The smallest absolute Gasteiger partial charge is 0.307 e. The number of hydrogen-bond donors (Lipinski definition) is 0. The SMILES string of the molecule is COC(=O)CCN1C(=O)CSC1c1cccn1S(=O)(=O)c1ccccc1. The van der Waals surface area contributed by atoms with Gasteiger partial charge in [-0.05, 0) is 24.3 Å². The molecule has 2 aromatic rings. The van der Waals surface area contributed by atoms with Gasteiger partial charge >= 0.3 is 5.97 Å². The topological polar surface area (TPSA) is 85.7 Å². The molecule has 1 saturated heterocycles. The van der Waals surface area contributed by atoms with Gasteiger partial charge in [-0.2, -0.15) is 0 Å². The monoisotopic (exact) mass is 394 g/mol. The molecule has 9 heteroatoms. The highest BCUT2D eigenvalue weighted by Gasteiger charge is 2.36. The molecule has 1 amide bonds. The van der Waals surface area contributed by atoms with E-state index in [0.29, 0.717) is 5.69 Å². The van der Waals surface area contributed by atoms with Crippen molar-refractivity contribution in [3.05, 3.63) is 54.4 Å². The number of methoxy groups -OCH3 is 1. The average molecular weight is 394 g/mol. The van der Waals surface area contributed by atoms with Crippen molar-refractivity contribution in [3.63, 3.8) is 0 Å². The fourth-order valence-corrected chi connectivity index (χ4v) is 5.45. The minimum absolute atomic E-state index is 0.0610. The van der Waals surface area contributed by atoms with Crippen LogP contribution >= 0.6 is 11.8 Å². The van der Waals surface area contributed by atoms with E-state index in [0.717, 1.165) is 0 Å². The van der Waals surface area contributed by atoms with Crippen molar-refractivity contribution in [2.75, 3.05) is 19.4 Å². The van der Waals surface area contributed by atoms with Gasteiger partial charge in [-0.3, -0.25) is 9.59 Å². The van der Waals surface area contributed by atoms with Gasteiger partial charge in [-0.1, -0.05) is 18.2 Å². The maximum Gasteiger partial charge on any atom is 0.307 e. The van der Waals surface area contributed by atoms with Gasteiger partial charge in [0.2, 0.25) is 5.91 Å². The molecule has 0 radical (unpaired) electrons. The van der Waals surface area contributed by atoms with Crippen molar-refractivity contribution >= 4 is 33.7 Å². The molecule has 138 valence electrons. The number of amides is 1. The zero-order chi connectivity index (χ0) is 18.7. The van der Waals surface area contributed by atoms with Crippen LogP contribution in [0.1, 0.15) is 17.5 Å². The molecule has 1 atom stereocenters. The fraction of sp³-hybridized carbons (Fsp3) is 0.294. The molecule has 1 aliphatic heterocycles. The van der Waals surface area contributed by atoms with Crippen molar-refractivity contribution in [1.82, 2.24) is 8.87 Å². The molecule has 1 aromatic carbocycles. The summed E-state index contributed by atoms with van der Waals surface area (Å²) in [6.07, 6.45) is 1.53. The van der Waals surface area contributed by atoms with Crippen LogP contribution in [0.15, 0.2) is 53.6 Å². The van der Waals surface area contributed by atoms with Crippen molar-refractivity contribution in [2.45, 2.75) is 16.7 Å². The van der Waals surface area contributed by atoms with E-state index < -0.39 is 21.4 Å². The van der Waals surface area contributed by atoms with E-state index in [1.54, 1.807) is 30.3 Å². The lowest BCUT2D eigenvalue weighted by Crippen LogP contribution is -2.32. The Kier molecular flexibility index (Phi) is 5.38. The van der Waals surface area contributed by atoms with Gasteiger partial charge in [0.15, 0.2) is 0 Å². The summed E-state index contributed by atoms with van der Waals surface area (Å²) in [6, 6.07) is 11.4. The Bertz CT molecular complexity index is 908. The van der Waals surface area contributed by atoms with E-state index in [2.05, 4.69) is 4.74 Å². The summed E-state index contributed by atoms with van der Waals surface area (Å²) >= 11 is 1.34. The lowest BCUT2D eigenvalue weighted by Gasteiger charge is -2.24. The van der Waals surface area contributed by atoms with E-state index >= 15 is 0 Å². The fourth-order valence-electron chi connectivity index (χ4n) is 2.75. The summed E-state index contributed by atoms with van der Waals surface area (Å²) in [6.45, 7) is 0.180. The first-order valence-electron chi connectivity index (χ1n) is 7.91. The maximum atomic E-state index is 12.9. The summed E-state index contributed by atoms with van der Waals surface area (Å²) in [4.78, 5) is 25.3. The molecular formula is C17H18N2O5S2. The van der Waals surface area contributed by atoms with Gasteiger partial charge in [-0.25, -0.2) is 12.4 Å². The number of esters is 1. The molecule has 0 saturated carbocycles. The summed E-state index contributed by atoms with van der Waals surface area (Å²) in [5.41, 5.74) is 0.481. The van der Waals surface area contributed by atoms with Gasteiger partial charge in [0, 0.05) is 12.7 Å². The normalized spacial score (nSPS) is 17.5. The molecule has 7 nitrogen and oxygen atoms in total. The number of ether oxygens (including phenoxy) is 1. The average Bonchev–Trinajstić information content (AvgIpc) is 3.27. The molecule has 26 heavy (non-hydrogen) atoms. The van der Waals surface area contributed by atoms with Crippen LogP contribution in [-0.2, 0) is 24.3 Å². The number of carbonyl (C=O) groups is 2. The van der Waals surface area contributed by atoms with Gasteiger partial charge in [0.25, 0.3) is 10.0 Å². The molecule has 0 spiro atoms. The van der Waals surface area contributed by atoms with Crippen molar-refractivity contribution in [1.29, 1.82) is 0 Å². The second-order valence-electron chi connectivity index (χ2n) is 5.62. The van der Waals surface area contributed by atoms with Crippen LogP contribution in [0.25, 0.3) is 0 Å². The number of aromatic nitrogens is 1. The largest absolute Gasteiger partial charge is 0.469 e. The van der Waals surface area contributed by atoms with Crippen molar-refractivity contribution < 1.29 is 22.7 Å². The molecule has 1 aromatic heterocycles. The third kappa shape index (κ3) is 3.49. The Morgan fingerprint density at radius 3 is 2.65 bits per heavy atom. The van der Waals surface area contributed by atoms with Gasteiger partial charge < -0.3 is 9.64 Å². The second kappa shape index (κ2) is 7.55. The van der Waals surface area contributed by atoms with E-state index in [-0.39, 0.29) is 29.5 Å². The standard InChI is InChI=1S/C17H18N2O5S2/c1-24-16(21)9-11-18-15(20)12-25-17(18)14-8-5-10-19(14)26(22,23)13-6-3-2-4-7-13/h2-8,10,17H,9,11-12H2,1H3. The van der Waals surface area contributed by atoms with Crippen molar-refractivity contribution in [3.8, 4) is 0 Å². The summed E-state index contributed by atoms with van der Waals surface area (Å²) < 4.78 is 31.7. The number of benzene rings is 1. The molecular weight excluding hydrogens is 376 g/mol. The Hall–Kier alpha value is -2.26. The van der Waals surface area contributed by atoms with Crippen LogP contribution in [0.5, 0.6) is 0 Å². The minimum Gasteiger partial charge on any atom is -0.469 e. The predicted molar refractivity (Wildman–Crippen MR) is 97.0 cm³/mol. The highest BCUT2D eigenvalue weighted by atomic mass is 32.2.